The molecule has 1 rings (SSSR count). The Balaban J connectivity index is 2.20. The number of ether oxygens (including phenoxy) is 4. The first kappa shape index (κ1) is 19.2. The molecule has 0 saturated heterocycles. The first-order chi connectivity index (χ1) is 11.5. The van der Waals surface area contributed by atoms with Crippen LogP contribution < -0.4 is 9.47 Å². The van der Waals surface area contributed by atoms with Gasteiger partial charge in [-0.3, -0.25) is 4.79 Å². The number of methoxy groups -OCH3 is 1. The van der Waals surface area contributed by atoms with Crippen molar-refractivity contribution < 1.29 is 33.3 Å². The molecule has 0 amide bonds. The molecule has 24 heavy (non-hydrogen) atoms. The van der Waals surface area contributed by atoms with Gasteiger partial charge in [0.15, 0.2) is 0 Å². The average Bonchev–Trinajstić information content (AvgIpc) is 2.58. The van der Waals surface area contributed by atoms with Gasteiger partial charge in [0.05, 0.1) is 20.3 Å². The van der Waals surface area contributed by atoms with E-state index in [0.29, 0.717) is 17.9 Å². The summed E-state index contributed by atoms with van der Waals surface area (Å²) in [5, 5.41) is 0. The molecule has 0 fully saturated rings. The lowest BCUT2D eigenvalue weighted by atomic mass is 10.3. The van der Waals surface area contributed by atoms with E-state index >= 15 is 0 Å². The molecule has 0 aliphatic heterocycles. The molecule has 1 aromatic carbocycles. The van der Waals surface area contributed by atoms with Crippen molar-refractivity contribution in [1.82, 2.24) is 0 Å². The van der Waals surface area contributed by atoms with E-state index in [1.165, 1.54) is 0 Å². The van der Waals surface area contributed by atoms with Gasteiger partial charge in [-0.15, -0.1) is 0 Å². The van der Waals surface area contributed by atoms with Gasteiger partial charge in [0.25, 0.3) is 0 Å². The summed E-state index contributed by atoms with van der Waals surface area (Å²) in [6.45, 7) is 1.94. The van der Waals surface area contributed by atoms with E-state index in [9.17, 15) is 14.4 Å². The number of carbonyl (C=O) groups is 3. The zero-order valence-electron chi connectivity index (χ0n) is 13.7. The second kappa shape index (κ2) is 10.8. The van der Waals surface area contributed by atoms with Crippen molar-refractivity contribution in [3.05, 3.63) is 36.4 Å². The Kier molecular flexibility index (Phi) is 8.67. The Morgan fingerprint density at radius 2 is 1.54 bits per heavy atom. The molecule has 0 aliphatic carbocycles. The quantitative estimate of drug-likeness (QED) is 0.295. The van der Waals surface area contributed by atoms with Crippen molar-refractivity contribution in [1.29, 1.82) is 0 Å². The topological polar surface area (TPSA) is 88.1 Å². The second-order valence-corrected chi connectivity index (χ2v) is 4.51. The lowest BCUT2D eigenvalue weighted by Crippen LogP contribution is -2.10. The third-order valence-corrected chi connectivity index (χ3v) is 2.70. The predicted octanol–water partition coefficient (Wildman–Crippen LogP) is 2.04. The SMILES string of the molecule is CCOC(=O)C=CC(=O)OCCCC(=O)Oc1ccc(OC)cc1. The molecule has 7 nitrogen and oxygen atoms in total. The number of rotatable bonds is 9. The molecule has 1 aromatic rings. The van der Waals surface area contributed by atoms with E-state index in [1.807, 2.05) is 0 Å². The molecule has 0 N–H and O–H groups in total. The van der Waals surface area contributed by atoms with Gasteiger partial charge in [0.2, 0.25) is 0 Å². The monoisotopic (exact) mass is 336 g/mol. The van der Waals surface area contributed by atoms with E-state index in [-0.39, 0.29) is 19.6 Å². The molecule has 7 heteroatoms. The fraction of sp³-hybridized carbons (Fsp3) is 0.353. The maximum absolute atomic E-state index is 11.6. The molecule has 0 radical (unpaired) electrons. The summed E-state index contributed by atoms with van der Waals surface area (Å²) in [5.41, 5.74) is 0. The van der Waals surface area contributed by atoms with Crippen LogP contribution in [-0.4, -0.2) is 38.2 Å². The third kappa shape index (κ3) is 7.98. The van der Waals surface area contributed by atoms with Crippen LogP contribution in [0.25, 0.3) is 0 Å². The van der Waals surface area contributed by atoms with Crippen molar-refractivity contribution in [2.24, 2.45) is 0 Å². The third-order valence-electron chi connectivity index (χ3n) is 2.70. The van der Waals surface area contributed by atoms with Gasteiger partial charge in [-0.1, -0.05) is 0 Å². The highest BCUT2D eigenvalue weighted by atomic mass is 16.5. The molecule has 0 heterocycles. The Labute approximate surface area is 140 Å². The van der Waals surface area contributed by atoms with Gasteiger partial charge in [0.1, 0.15) is 11.5 Å². The molecule has 0 aromatic heterocycles. The highest BCUT2D eigenvalue weighted by molar-refractivity contribution is 5.91. The van der Waals surface area contributed by atoms with Crippen LogP contribution >= 0.6 is 0 Å². The lowest BCUT2D eigenvalue weighted by Gasteiger charge is -2.05. The van der Waals surface area contributed by atoms with Crippen LogP contribution in [-0.2, 0) is 23.9 Å². The number of benzene rings is 1. The Bertz CT molecular complexity index is 575. The van der Waals surface area contributed by atoms with Gasteiger partial charge in [-0.2, -0.15) is 0 Å². The molecule has 0 atom stereocenters. The Morgan fingerprint density at radius 3 is 2.12 bits per heavy atom. The average molecular weight is 336 g/mol. The van der Waals surface area contributed by atoms with E-state index in [4.69, 9.17) is 14.2 Å². The highest BCUT2D eigenvalue weighted by Crippen LogP contribution is 2.17. The molecule has 0 bridgehead atoms. The minimum atomic E-state index is -0.674. The normalized spacial score (nSPS) is 10.2. The van der Waals surface area contributed by atoms with Crippen LogP contribution in [0.2, 0.25) is 0 Å². The zero-order valence-corrected chi connectivity index (χ0v) is 13.7. The van der Waals surface area contributed by atoms with Crippen LogP contribution in [0.5, 0.6) is 11.5 Å². The van der Waals surface area contributed by atoms with E-state index in [0.717, 1.165) is 12.2 Å². The van der Waals surface area contributed by atoms with Gasteiger partial charge < -0.3 is 18.9 Å². The maximum atomic E-state index is 11.6. The van der Waals surface area contributed by atoms with E-state index < -0.39 is 17.9 Å². The highest BCUT2D eigenvalue weighted by Gasteiger charge is 2.06. The van der Waals surface area contributed by atoms with Crippen LogP contribution in [0, 0.1) is 0 Å². The Morgan fingerprint density at radius 1 is 0.958 bits per heavy atom. The standard InChI is InChI=1S/C17H20O7/c1-3-22-15(18)10-11-16(19)23-12-4-5-17(20)24-14-8-6-13(21-2)7-9-14/h6-11H,3-5,12H2,1-2H3. The summed E-state index contributed by atoms with van der Waals surface area (Å²) in [4.78, 5) is 33.9. The zero-order chi connectivity index (χ0) is 17.8. The molecule has 130 valence electrons. The van der Waals surface area contributed by atoms with Gasteiger partial charge in [-0.25, -0.2) is 9.59 Å². The van der Waals surface area contributed by atoms with Gasteiger partial charge in [-0.05, 0) is 37.6 Å². The summed E-state index contributed by atoms with van der Waals surface area (Å²) in [6.07, 6.45) is 2.38. The van der Waals surface area contributed by atoms with Crippen LogP contribution in [0.15, 0.2) is 36.4 Å². The van der Waals surface area contributed by atoms with Crippen molar-refractivity contribution in [2.45, 2.75) is 19.8 Å². The largest absolute Gasteiger partial charge is 0.497 e. The smallest absolute Gasteiger partial charge is 0.331 e. The van der Waals surface area contributed by atoms with Crippen molar-refractivity contribution in [2.75, 3.05) is 20.3 Å². The summed E-state index contributed by atoms with van der Waals surface area (Å²) in [6, 6.07) is 6.61. The summed E-state index contributed by atoms with van der Waals surface area (Å²) >= 11 is 0. The van der Waals surface area contributed by atoms with Crippen molar-refractivity contribution in [3.63, 3.8) is 0 Å². The summed E-state index contributed by atoms with van der Waals surface area (Å²) < 4.78 is 19.6. The van der Waals surface area contributed by atoms with Crippen molar-refractivity contribution >= 4 is 17.9 Å². The second-order valence-electron chi connectivity index (χ2n) is 4.51. The van der Waals surface area contributed by atoms with E-state index in [1.54, 1.807) is 38.3 Å². The Hall–Kier alpha value is -2.83. The fourth-order valence-corrected chi connectivity index (χ4v) is 1.59. The molecular formula is C17H20O7. The van der Waals surface area contributed by atoms with Gasteiger partial charge >= 0.3 is 17.9 Å². The van der Waals surface area contributed by atoms with Crippen LogP contribution in [0.4, 0.5) is 0 Å². The van der Waals surface area contributed by atoms with Crippen LogP contribution in [0.1, 0.15) is 19.8 Å². The maximum Gasteiger partial charge on any atom is 0.331 e. The summed E-state index contributed by atoms with van der Waals surface area (Å²) in [7, 11) is 1.55. The first-order valence-electron chi connectivity index (χ1n) is 7.41. The molecule has 0 spiro atoms. The minimum Gasteiger partial charge on any atom is -0.497 e. The first-order valence-corrected chi connectivity index (χ1v) is 7.41. The number of hydrogen-bond donors (Lipinski definition) is 0. The molecular weight excluding hydrogens is 316 g/mol. The van der Waals surface area contributed by atoms with Gasteiger partial charge in [0, 0.05) is 18.6 Å². The lowest BCUT2D eigenvalue weighted by molar-refractivity contribution is -0.141. The number of hydrogen-bond acceptors (Lipinski definition) is 7. The summed E-state index contributed by atoms with van der Waals surface area (Å²) in [5.74, 6) is -0.643. The number of carbonyl (C=O) groups excluding carboxylic acids is 3. The van der Waals surface area contributed by atoms with E-state index in [2.05, 4.69) is 4.74 Å². The number of esters is 3. The predicted molar refractivity (Wildman–Crippen MR) is 84.6 cm³/mol. The van der Waals surface area contributed by atoms with Crippen LogP contribution in [0.3, 0.4) is 0 Å². The fourth-order valence-electron chi connectivity index (χ4n) is 1.59. The minimum absolute atomic E-state index is 0.0453. The molecule has 0 aliphatic rings. The molecule has 0 unspecified atom stereocenters. The molecule has 0 saturated carbocycles. The van der Waals surface area contributed by atoms with Crippen molar-refractivity contribution in [3.8, 4) is 11.5 Å².